The maximum atomic E-state index is 11.5. The minimum absolute atomic E-state index is 0.0108. The Kier molecular flexibility index (Phi) is 7.82. The van der Waals surface area contributed by atoms with E-state index in [1.165, 1.54) is 6.42 Å². The van der Waals surface area contributed by atoms with Crippen molar-refractivity contribution in [2.75, 3.05) is 31.2 Å². The van der Waals surface area contributed by atoms with Gasteiger partial charge in [0.25, 0.3) is 0 Å². The summed E-state index contributed by atoms with van der Waals surface area (Å²) in [7, 11) is 0. The Hall–Kier alpha value is -1.98. The normalized spacial score (nSPS) is 14.4. The molecule has 0 saturated carbocycles. The average molecular weight is 350 g/mol. The highest BCUT2D eigenvalue weighted by molar-refractivity contribution is 5.68. The Morgan fingerprint density at radius 3 is 2.16 bits per heavy atom. The monoisotopic (exact) mass is 350 g/mol. The van der Waals surface area contributed by atoms with Gasteiger partial charge < -0.3 is 14.4 Å². The number of nitro groups is 1. The van der Waals surface area contributed by atoms with Crippen LogP contribution in [0.5, 0.6) is 11.5 Å². The van der Waals surface area contributed by atoms with E-state index >= 15 is 0 Å². The topological polar surface area (TPSA) is 64.8 Å². The lowest BCUT2D eigenvalue weighted by atomic mass is 10.1. The molecule has 0 aromatic heterocycles. The summed E-state index contributed by atoms with van der Waals surface area (Å²) in [6.07, 6.45) is 7.33. The fraction of sp³-hybridized carbons (Fsp3) is 0.684. The molecule has 6 heteroatoms. The van der Waals surface area contributed by atoms with E-state index in [0.717, 1.165) is 57.3 Å². The molecule has 0 spiro atoms. The molecule has 0 amide bonds. The number of rotatable bonds is 10. The van der Waals surface area contributed by atoms with Gasteiger partial charge in [-0.1, -0.05) is 26.7 Å². The SMILES string of the molecule is CCCCOc1cc([N+](=O)[O-])c(OCCCC)cc1N1CCCCC1. The quantitative estimate of drug-likeness (QED) is 0.339. The van der Waals surface area contributed by atoms with Gasteiger partial charge in [-0.2, -0.15) is 0 Å². The highest BCUT2D eigenvalue weighted by atomic mass is 16.6. The smallest absolute Gasteiger partial charge is 0.314 e. The van der Waals surface area contributed by atoms with E-state index in [1.54, 1.807) is 12.1 Å². The van der Waals surface area contributed by atoms with Gasteiger partial charge in [0.1, 0.15) is 5.75 Å². The molecule has 1 aromatic rings. The molecule has 140 valence electrons. The van der Waals surface area contributed by atoms with Crippen LogP contribution in [0.1, 0.15) is 58.8 Å². The van der Waals surface area contributed by atoms with E-state index in [-0.39, 0.29) is 10.6 Å². The van der Waals surface area contributed by atoms with Crippen LogP contribution in [0.3, 0.4) is 0 Å². The summed E-state index contributed by atoms with van der Waals surface area (Å²) in [5.74, 6) is 0.951. The Labute approximate surface area is 150 Å². The molecule has 1 aliphatic heterocycles. The fourth-order valence-electron chi connectivity index (χ4n) is 2.95. The van der Waals surface area contributed by atoms with Crippen molar-refractivity contribution >= 4 is 11.4 Å². The van der Waals surface area contributed by atoms with E-state index in [9.17, 15) is 10.1 Å². The van der Waals surface area contributed by atoms with Gasteiger partial charge in [-0.3, -0.25) is 10.1 Å². The van der Waals surface area contributed by atoms with Gasteiger partial charge in [-0.05, 0) is 32.1 Å². The van der Waals surface area contributed by atoms with Crippen LogP contribution in [0.4, 0.5) is 11.4 Å². The predicted molar refractivity (Wildman–Crippen MR) is 100.0 cm³/mol. The van der Waals surface area contributed by atoms with Gasteiger partial charge in [0.2, 0.25) is 0 Å². The summed E-state index contributed by atoms with van der Waals surface area (Å²) in [4.78, 5) is 13.4. The molecular formula is C19H30N2O4. The van der Waals surface area contributed by atoms with Gasteiger partial charge in [0.05, 0.1) is 29.9 Å². The van der Waals surface area contributed by atoms with Crippen molar-refractivity contribution in [1.29, 1.82) is 0 Å². The summed E-state index contributed by atoms with van der Waals surface area (Å²) in [5.41, 5.74) is 0.913. The molecule has 25 heavy (non-hydrogen) atoms. The van der Waals surface area contributed by atoms with E-state index in [1.807, 2.05) is 0 Å². The molecule has 0 aliphatic carbocycles. The summed E-state index contributed by atoms with van der Waals surface area (Å²) in [5, 5.41) is 11.5. The van der Waals surface area contributed by atoms with Gasteiger partial charge in [0.15, 0.2) is 5.75 Å². The molecule has 1 saturated heterocycles. The number of ether oxygens (including phenoxy) is 2. The van der Waals surface area contributed by atoms with Gasteiger partial charge in [-0.25, -0.2) is 0 Å². The van der Waals surface area contributed by atoms with E-state index in [2.05, 4.69) is 18.7 Å². The first kappa shape index (κ1) is 19.3. The Bertz CT molecular complexity index is 557. The molecule has 1 heterocycles. The van der Waals surface area contributed by atoms with Crippen molar-refractivity contribution in [3.05, 3.63) is 22.2 Å². The second-order valence-corrected chi connectivity index (χ2v) is 6.50. The van der Waals surface area contributed by atoms with Crippen LogP contribution in [0.25, 0.3) is 0 Å². The first-order valence-electron chi connectivity index (χ1n) is 9.50. The molecule has 0 atom stereocenters. The number of nitro benzene ring substituents is 1. The van der Waals surface area contributed by atoms with Crippen LogP contribution in [0.2, 0.25) is 0 Å². The summed E-state index contributed by atoms with van der Waals surface area (Å²) in [6.45, 7) is 7.15. The van der Waals surface area contributed by atoms with Crippen LogP contribution in [0, 0.1) is 10.1 Å². The average Bonchev–Trinajstić information content (AvgIpc) is 2.63. The standard InChI is InChI=1S/C19H30N2O4/c1-3-5-12-24-18-15-17(21(22)23)19(25-13-6-4-2)14-16(18)20-10-8-7-9-11-20/h14-15H,3-13H2,1-2H3. The Morgan fingerprint density at radius 1 is 1.00 bits per heavy atom. The summed E-state index contributed by atoms with van der Waals surface area (Å²) in [6, 6.07) is 3.35. The molecule has 2 rings (SSSR count). The number of nitrogens with zero attached hydrogens (tertiary/aromatic N) is 2. The zero-order valence-electron chi connectivity index (χ0n) is 15.5. The number of unbranched alkanes of at least 4 members (excludes halogenated alkanes) is 2. The number of piperidine rings is 1. The van der Waals surface area contributed by atoms with Crippen molar-refractivity contribution in [2.45, 2.75) is 58.8 Å². The maximum absolute atomic E-state index is 11.5. The molecule has 0 radical (unpaired) electrons. The molecule has 6 nitrogen and oxygen atoms in total. The lowest BCUT2D eigenvalue weighted by Crippen LogP contribution is -2.30. The fourth-order valence-corrected chi connectivity index (χ4v) is 2.95. The van der Waals surface area contributed by atoms with Crippen molar-refractivity contribution in [3.63, 3.8) is 0 Å². The number of anilines is 1. The number of hydrogen-bond donors (Lipinski definition) is 0. The van der Waals surface area contributed by atoms with Crippen molar-refractivity contribution in [1.82, 2.24) is 0 Å². The maximum Gasteiger partial charge on any atom is 0.314 e. The van der Waals surface area contributed by atoms with Crippen molar-refractivity contribution in [3.8, 4) is 11.5 Å². The van der Waals surface area contributed by atoms with Gasteiger partial charge >= 0.3 is 5.69 Å². The molecule has 1 fully saturated rings. The van der Waals surface area contributed by atoms with Gasteiger partial charge in [0, 0.05) is 19.2 Å². The lowest BCUT2D eigenvalue weighted by Gasteiger charge is -2.30. The predicted octanol–water partition coefficient (Wildman–Crippen LogP) is 4.94. The van der Waals surface area contributed by atoms with Crippen molar-refractivity contribution in [2.24, 2.45) is 0 Å². The third-order valence-electron chi connectivity index (χ3n) is 4.44. The summed E-state index contributed by atoms with van der Waals surface area (Å²) >= 11 is 0. The number of benzene rings is 1. The molecular weight excluding hydrogens is 320 g/mol. The highest BCUT2D eigenvalue weighted by Gasteiger charge is 2.24. The zero-order valence-corrected chi connectivity index (χ0v) is 15.5. The van der Waals surface area contributed by atoms with Crippen LogP contribution in [-0.4, -0.2) is 31.2 Å². The van der Waals surface area contributed by atoms with Crippen LogP contribution in [-0.2, 0) is 0 Å². The molecule has 1 aliphatic rings. The zero-order chi connectivity index (χ0) is 18.1. The minimum Gasteiger partial charge on any atom is -0.491 e. The molecule has 1 aromatic carbocycles. The van der Waals surface area contributed by atoms with Crippen molar-refractivity contribution < 1.29 is 14.4 Å². The lowest BCUT2D eigenvalue weighted by molar-refractivity contribution is -0.385. The number of hydrogen-bond acceptors (Lipinski definition) is 5. The van der Waals surface area contributed by atoms with Crippen LogP contribution >= 0.6 is 0 Å². The third-order valence-corrected chi connectivity index (χ3v) is 4.44. The minimum atomic E-state index is -0.381. The first-order valence-corrected chi connectivity index (χ1v) is 9.50. The third kappa shape index (κ3) is 5.51. The molecule has 0 N–H and O–H groups in total. The van der Waals surface area contributed by atoms with Gasteiger partial charge in [-0.15, -0.1) is 0 Å². The Balaban J connectivity index is 2.32. The largest absolute Gasteiger partial charge is 0.491 e. The van der Waals surface area contributed by atoms with Crippen LogP contribution < -0.4 is 14.4 Å². The summed E-state index contributed by atoms with van der Waals surface area (Å²) < 4.78 is 11.6. The van der Waals surface area contributed by atoms with Crippen LogP contribution in [0.15, 0.2) is 12.1 Å². The second kappa shape index (κ2) is 10.1. The Morgan fingerprint density at radius 2 is 1.60 bits per heavy atom. The van der Waals surface area contributed by atoms with E-state index < -0.39 is 0 Å². The van der Waals surface area contributed by atoms with E-state index in [4.69, 9.17) is 9.47 Å². The molecule has 0 unspecified atom stereocenters. The van der Waals surface area contributed by atoms with E-state index in [0.29, 0.717) is 24.7 Å². The highest BCUT2D eigenvalue weighted by Crippen LogP contribution is 2.41. The second-order valence-electron chi connectivity index (χ2n) is 6.50. The molecule has 0 bridgehead atoms. The first-order chi connectivity index (χ1) is 12.2.